The summed E-state index contributed by atoms with van der Waals surface area (Å²) in [6.07, 6.45) is -3.56. The molecule has 1 aliphatic heterocycles. The minimum atomic E-state index is -4.84. The Morgan fingerprint density at radius 2 is 1.82 bits per heavy atom. The highest BCUT2D eigenvalue weighted by Crippen LogP contribution is 2.36. The van der Waals surface area contributed by atoms with Crippen molar-refractivity contribution in [3.05, 3.63) is 24.3 Å². The van der Waals surface area contributed by atoms with E-state index in [1.807, 2.05) is 0 Å². The van der Waals surface area contributed by atoms with Crippen molar-refractivity contribution in [2.75, 3.05) is 11.9 Å². The monoisotopic (exact) mass is 471 g/mol. The third-order valence-corrected chi connectivity index (χ3v) is 5.69. The largest absolute Gasteiger partial charge is 0.573 e. The Morgan fingerprint density at radius 1 is 1.21 bits per heavy atom. The quantitative estimate of drug-likeness (QED) is 0.487. The normalized spacial score (nSPS) is 23.8. The average molecular weight is 471 g/mol. The van der Waals surface area contributed by atoms with Crippen molar-refractivity contribution >= 4 is 29.5 Å². The molecule has 180 valence electrons. The third kappa shape index (κ3) is 5.93. The number of carbonyl (C=O) groups excluding carboxylic acids is 4. The molecule has 2 aliphatic rings. The first kappa shape index (κ1) is 24.3. The molecule has 1 saturated heterocycles. The minimum absolute atomic E-state index is 0.153. The number of esters is 1. The van der Waals surface area contributed by atoms with Crippen LogP contribution in [-0.4, -0.2) is 53.3 Å². The molecule has 1 aromatic carbocycles. The smallest absolute Gasteiger partial charge is 0.451 e. The molecule has 33 heavy (non-hydrogen) atoms. The molecule has 1 atom stereocenters. The van der Waals surface area contributed by atoms with Crippen LogP contribution in [0, 0.1) is 5.92 Å². The van der Waals surface area contributed by atoms with Gasteiger partial charge in [-0.25, -0.2) is 4.79 Å². The molecule has 2 N–H and O–H groups in total. The van der Waals surface area contributed by atoms with Crippen LogP contribution < -0.4 is 15.4 Å². The Morgan fingerprint density at radius 3 is 2.39 bits per heavy atom. The van der Waals surface area contributed by atoms with Crippen molar-refractivity contribution in [2.45, 2.75) is 57.5 Å². The standard InChI is InChI=1S/C21H24F3N3O6/c1-12-7-9-20(10-8-12)18(30)27(19(31)26-20)11-16(28)32-13(2)17(29)25-14-3-5-15(6-4-14)33-21(22,23)24/h3-6,12-13H,7-11H2,1-2H3,(H,25,29)(H,26,31). The van der Waals surface area contributed by atoms with E-state index in [1.165, 1.54) is 19.1 Å². The summed E-state index contributed by atoms with van der Waals surface area (Å²) in [6.45, 7) is 2.72. The second-order valence-corrected chi connectivity index (χ2v) is 8.28. The van der Waals surface area contributed by atoms with Crippen molar-refractivity contribution in [2.24, 2.45) is 5.92 Å². The van der Waals surface area contributed by atoms with Gasteiger partial charge in [-0.05, 0) is 62.8 Å². The molecule has 1 aliphatic carbocycles. The van der Waals surface area contributed by atoms with Gasteiger partial charge in [-0.3, -0.25) is 19.3 Å². The number of halogens is 3. The second-order valence-electron chi connectivity index (χ2n) is 8.28. The number of imide groups is 1. The van der Waals surface area contributed by atoms with E-state index in [-0.39, 0.29) is 5.69 Å². The summed E-state index contributed by atoms with van der Waals surface area (Å²) >= 11 is 0. The van der Waals surface area contributed by atoms with Gasteiger partial charge in [0.1, 0.15) is 17.8 Å². The zero-order chi connectivity index (χ0) is 24.4. The number of nitrogens with zero attached hydrogens (tertiary/aromatic N) is 1. The fourth-order valence-electron chi connectivity index (χ4n) is 3.81. The van der Waals surface area contributed by atoms with E-state index >= 15 is 0 Å². The first-order chi connectivity index (χ1) is 15.4. The van der Waals surface area contributed by atoms with Crippen LogP contribution in [0.4, 0.5) is 23.7 Å². The van der Waals surface area contributed by atoms with E-state index < -0.39 is 54.1 Å². The van der Waals surface area contributed by atoms with E-state index in [9.17, 15) is 32.3 Å². The molecule has 1 aromatic rings. The molecule has 2 fully saturated rings. The zero-order valence-electron chi connectivity index (χ0n) is 18.0. The second kappa shape index (κ2) is 9.28. The number of amides is 4. The van der Waals surface area contributed by atoms with Crippen LogP contribution in [0.5, 0.6) is 5.75 Å². The molecule has 1 saturated carbocycles. The highest BCUT2D eigenvalue weighted by molar-refractivity contribution is 6.08. The van der Waals surface area contributed by atoms with Crippen LogP contribution in [0.2, 0.25) is 0 Å². The van der Waals surface area contributed by atoms with Gasteiger partial charge in [0.05, 0.1) is 0 Å². The number of hydrogen-bond acceptors (Lipinski definition) is 6. The van der Waals surface area contributed by atoms with Gasteiger partial charge in [-0.15, -0.1) is 13.2 Å². The van der Waals surface area contributed by atoms with Crippen LogP contribution >= 0.6 is 0 Å². The van der Waals surface area contributed by atoms with Gasteiger partial charge in [0.2, 0.25) is 0 Å². The highest BCUT2D eigenvalue weighted by Gasteiger charge is 2.52. The van der Waals surface area contributed by atoms with Gasteiger partial charge in [-0.1, -0.05) is 6.92 Å². The van der Waals surface area contributed by atoms with Gasteiger partial charge in [-0.2, -0.15) is 0 Å². The van der Waals surface area contributed by atoms with Crippen LogP contribution in [0.1, 0.15) is 39.5 Å². The topological polar surface area (TPSA) is 114 Å². The number of anilines is 1. The summed E-state index contributed by atoms with van der Waals surface area (Å²) in [5.41, 5.74) is -0.838. The predicted molar refractivity (Wildman–Crippen MR) is 108 cm³/mol. The van der Waals surface area contributed by atoms with Gasteiger partial charge < -0.3 is 20.1 Å². The van der Waals surface area contributed by atoms with Crippen LogP contribution in [0.25, 0.3) is 0 Å². The minimum Gasteiger partial charge on any atom is -0.451 e. The van der Waals surface area contributed by atoms with E-state index in [2.05, 4.69) is 22.3 Å². The lowest BCUT2D eigenvalue weighted by atomic mass is 9.77. The molecule has 1 unspecified atom stereocenters. The molecule has 1 heterocycles. The Bertz CT molecular complexity index is 926. The number of alkyl halides is 3. The van der Waals surface area contributed by atoms with Crippen molar-refractivity contribution in [3.8, 4) is 5.75 Å². The Labute approximate surface area is 187 Å². The number of benzene rings is 1. The molecular formula is C21H24F3N3O6. The molecule has 3 rings (SSSR count). The maximum absolute atomic E-state index is 12.8. The van der Waals surface area contributed by atoms with E-state index in [0.29, 0.717) is 18.8 Å². The summed E-state index contributed by atoms with van der Waals surface area (Å²) in [5.74, 6) is -2.18. The van der Waals surface area contributed by atoms with Crippen molar-refractivity contribution < 1.29 is 41.8 Å². The van der Waals surface area contributed by atoms with Crippen molar-refractivity contribution in [1.29, 1.82) is 0 Å². The Kier molecular flexibility index (Phi) is 6.84. The lowest BCUT2D eigenvalue weighted by molar-refractivity contribution is -0.274. The first-order valence-corrected chi connectivity index (χ1v) is 10.4. The molecule has 0 radical (unpaired) electrons. The zero-order valence-corrected chi connectivity index (χ0v) is 18.0. The molecule has 1 spiro atoms. The van der Waals surface area contributed by atoms with E-state index in [1.54, 1.807) is 0 Å². The maximum Gasteiger partial charge on any atom is 0.573 e. The third-order valence-electron chi connectivity index (χ3n) is 5.69. The number of ether oxygens (including phenoxy) is 2. The van der Waals surface area contributed by atoms with Crippen LogP contribution in [0.3, 0.4) is 0 Å². The van der Waals surface area contributed by atoms with Crippen molar-refractivity contribution in [3.63, 3.8) is 0 Å². The lowest BCUT2D eigenvalue weighted by Gasteiger charge is -2.33. The first-order valence-electron chi connectivity index (χ1n) is 10.4. The number of nitrogens with one attached hydrogen (secondary N) is 2. The number of urea groups is 1. The summed E-state index contributed by atoms with van der Waals surface area (Å²) in [6, 6.07) is 3.72. The summed E-state index contributed by atoms with van der Waals surface area (Å²) in [4.78, 5) is 50.4. The Balaban J connectivity index is 1.51. The highest BCUT2D eigenvalue weighted by atomic mass is 19.4. The number of hydrogen-bond donors (Lipinski definition) is 2. The molecular weight excluding hydrogens is 447 g/mol. The van der Waals surface area contributed by atoms with Crippen LogP contribution in [-0.2, 0) is 19.1 Å². The van der Waals surface area contributed by atoms with E-state index in [4.69, 9.17) is 4.74 Å². The van der Waals surface area contributed by atoms with Crippen molar-refractivity contribution in [1.82, 2.24) is 10.2 Å². The summed E-state index contributed by atoms with van der Waals surface area (Å²) < 4.78 is 45.4. The molecule has 9 nitrogen and oxygen atoms in total. The number of rotatable bonds is 6. The maximum atomic E-state index is 12.8. The van der Waals surface area contributed by atoms with Gasteiger partial charge in [0.15, 0.2) is 6.10 Å². The molecule has 4 amide bonds. The van der Waals surface area contributed by atoms with Crippen LogP contribution in [0.15, 0.2) is 24.3 Å². The van der Waals surface area contributed by atoms with Gasteiger partial charge >= 0.3 is 18.4 Å². The SMILES string of the molecule is CC1CCC2(CC1)NC(=O)N(CC(=O)OC(C)C(=O)Nc1ccc(OC(F)(F)F)cc1)C2=O. The molecule has 0 bridgehead atoms. The molecule has 0 aromatic heterocycles. The summed E-state index contributed by atoms with van der Waals surface area (Å²) in [7, 11) is 0. The summed E-state index contributed by atoms with van der Waals surface area (Å²) in [5, 5.41) is 5.08. The lowest BCUT2D eigenvalue weighted by Crippen LogP contribution is -2.49. The predicted octanol–water partition coefficient (Wildman–Crippen LogP) is 2.96. The number of carbonyl (C=O) groups is 4. The van der Waals surface area contributed by atoms with Gasteiger partial charge in [0.25, 0.3) is 11.8 Å². The van der Waals surface area contributed by atoms with E-state index in [0.717, 1.165) is 29.9 Å². The Hall–Kier alpha value is -3.31. The fourth-order valence-corrected chi connectivity index (χ4v) is 3.81. The van der Waals surface area contributed by atoms with Gasteiger partial charge in [0, 0.05) is 5.69 Å². The average Bonchev–Trinajstić information content (AvgIpc) is 2.94. The molecule has 12 heteroatoms. The fraction of sp³-hybridized carbons (Fsp3) is 0.524.